The molecule has 3 rings (SSSR count). The van der Waals surface area contributed by atoms with E-state index in [9.17, 15) is 14.7 Å². The van der Waals surface area contributed by atoms with Gasteiger partial charge in [0, 0.05) is 12.1 Å². The van der Waals surface area contributed by atoms with Crippen molar-refractivity contribution < 1.29 is 24.2 Å². The molecule has 0 bridgehead atoms. The monoisotopic (exact) mass is 463 g/mol. The van der Waals surface area contributed by atoms with Crippen molar-refractivity contribution in [3.05, 3.63) is 77.9 Å². The summed E-state index contributed by atoms with van der Waals surface area (Å²) in [5, 5.41) is 11.2. The molecule has 0 spiro atoms. The van der Waals surface area contributed by atoms with Gasteiger partial charge in [0.15, 0.2) is 0 Å². The molecule has 2 aromatic rings. The Morgan fingerprint density at radius 2 is 1.85 bits per heavy atom. The zero-order valence-electron chi connectivity index (χ0n) is 20.1. The van der Waals surface area contributed by atoms with E-state index in [0.717, 1.165) is 12.8 Å². The summed E-state index contributed by atoms with van der Waals surface area (Å²) in [4.78, 5) is 27.6. The van der Waals surface area contributed by atoms with Crippen LogP contribution in [-0.4, -0.2) is 41.5 Å². The van der Waals surface area contributed by atoms with Gasteiger partial charge in [-0.2, -0.15) is 0 Å². The maximum Gasteiger partial charge on any atom is 0.295 e. The highest BCUT2D eigenvalue weighted by atomic mass is 16.5. The second kappa shape index (κ2) is 11.5. The number of benzene rings is 2. The number of amides is 1. The Morgan fingerprint density at radius 3 is 2.50 bits per heavy atom. The van der Waals surface area contributed by atoms with Crippen molar-refractivity contribution in [2.45, 2.75) is 39.7 Å². The van der Waals surface area contributed by atoms with Gasteiger partial charge in [-0.1, -0.05) is 52.0 Å². The third-order valence-electron chi connectivity index (χ3n) is 5.55. The van der Waals surface area contributed by atoms with Gasteiger partial charge in [0.05, 0.1) is 18.2 Å². The van der Waals surface area contributed by atoms with Crippen LogP contribution in [0.1, 0.15) is 50.8 Å². The van der Waals surface area contributed by atoms with E-state index in [-0.39, 0.29) is 11.3 Å². The number of nitrogens with zero attached hydrogens (tertiary/aromatic N) is 1. The van der Waals surface area contributed by atoms with Crippen LogP contribution in [-0.2, 0) is 9.59 Å². The number of ether oxygens (including phenoxy) is 2. The number of carbonyl (C=O) groups excluding carboxylic acids is 2. The minimum Gasteiger partial charge on any atom is -0.507 e. The Balaban J connectivity index is 2.03. The fourth-order valence-corrected chi connectivity index (χ4v) is 3.84. The first-order chi connectivity index (χ1) is 16.4. The van der Waals surface area contributed by atoms with E-state index in [2.05, 4.69) is 20.4 Å². The molecule has 1 aliphatic rings. The van der Waals surface area contributed by atoms with Crippen LogP contribution in [0.15, 0.2) is 66.8 Å². The van der Waals surface area contributed by atoms with Gasteiger partial charge >= 0.3 is 0 Å². The van der Waals surface area contributed by atoms with Crippen molar-refractivity contribution >= 4 is 17.4 Å². The van der Waals surface area contributed by atoms with Crippen LogP contribution in [0.4, 0.5) is 0 Å². The van der Waals surface area contributed by atoms with Gasteiger partial charge in [-0.05, 0) is 54.3 Å². The first-order valence-electron chi connectivity index (χ1n) is 11.7. The molecule has 1 fully saturated rings. The van der Waals surface area contributed by atoms with E-state index >= 15 is 0 Å². The smallest absolute Gasteiger partial charge is 0.295 e. The third-order valence-corrected chi connectivity index (χ3v) is 5.55. The Hall–Kier alpha value is -3.54. The standard InChI is InChI=1S/C28H33NO5/c1-5-7-15-29-25(21-9-8-10-23(17-21)33-16-6-2)24(27(31)28(29)32)26(30)20-11-13-22(14-12-20)34-18-19(3)4/h6,8-14,17,19,25,30H,2,5,7,15-16,18H2,1,3-4H3/b26-24-. The van der Waals surface area contributed by atoms with Crippen molar-refractivity contribution in [3.63, 3.8) is 0 Å². The lowest BCUT2D eigenvalue weighted by Gasteiger charge is -2.25. The molecule has 1 unspecified atom stereocenters. The van der Waals surface area contributed by atoms with E-state index < -0.39 is 17.7 Å². The maximum atomic E-state index is 13.1. The Bertz CT molecular complexity index is 1050. The molecule has 1 aliphatic heterocycles. The third kappa shape index (κ3) is 5.68. The fraction of sp³-hybridized carbons (Fsp3) is 0.357. The van der Waals surface area contributed by atoms with E-state index in [1.54, 1.807) is 47.4 Å². The molecule has 0 radical (unpaired) electrons. The molecule has 6 heteroatoms. The number of ketones is 1. The quantitative estimate of drug-likeness (QED) is 0.206. The molecule has 6 nitrogen and oxygen atoms in total. The first kappa shape index (κ1) is 25.1. The van der Waals surface area contributed by atoms with Gasteiger partial charge in [-0.3, -0.25) is 9.59 Å². The second-order valence-corrected chi connectivity index (χ2v) is 8.75. The minimum atomic E-state index is -0.698. The first-order valence-corrected chi connectivity index (χ1v) is 11.7. The highest BCUT2D eigenvalue weighted by molar-refractivity contribution is 6.46. The summed E-state index contributed by atoms with van der Waals surface area (Å²) in [5.41, 5.74) is 1.24. The highest BCUT2D eigenvalue weighted by Crippen LogP contribution is 2.40. The van der Waals surface area contributed by atoms with Gasteiger partial charge < -0.3 is 19.5 Å². The number of rotatable bonds is 11. The zero-order valence-corrected chi connectivity index (χ0v) is 20.1. The lowest BCUT2D eigenvalue weighted by Crippen LogP contribution is -2.30. The number of hydrogen-bond acceptors (Lipinski definition) is 5. The molecule has 180 valence electrons. The molecular formula is C28H33NO5. The Morgan fingerprint density at radius 1 is 1.12 bits per heavy atom. The van der Waals surface area contributed by atoms with Crippen molar-refractivity contribution in [1.29, 1.82) is 0 Å². The zero-order chi connectivity index (χ0) is 24.7. The van der Waals surface area contributed by atoms with Gasteiger partial charge in [-0.25, -0.2) is 0 Å². The summed E-state index contributed by atoms with van der Waals surface area (Å²) >= 11 is 0. The van der Waals surface area contributed by atoms with Gasteiger partial charge in [0.25, 0.3) is 11.7 Å². The Kier molecular flexibility index (Phi) is 8.52. The topological polar surface area (TPSA) is 76.1 Å². The van der Waals surface area contributed by atoms with Crippen molar-refractivity contribution in [1.82, 2.24) is 4.90 Å². The molecule has 0 aromatic heterocycles. The average Bonchev–Trinajstić information content (AvgIpc) is 3.09. The predicted octanol–water partition coefficient (Wildman–Crippen LogP) is 5.51. The highest BCUT2D eigenvalue weighted by Gasteiger charge is 2.45. The lowest BCUT2D eigenvalue weighted by atomic mass is 9.95. The van der Waals surface area contributed by atoms with Crippen molar-refractivity contribution in [2.24, 2.45) is 5.92 Å². The summed E-state index contributed by atoms with van der Waals surface area (Å²) in [6, 6.07) is 13.5. The Labute approximate surface area is 201 Å². The van der Waals surface area contributed by atoms with Crippen LogP contribution in [0, 0.1) is 5.92 Å². The molecule has 2 aromatic carbocycles. The minimum absolute atomic E-state index is 0.0813. The summed E-state index contributed by atoms with van der Waals surface area (Å²) in [6.07, 6.45) is 3.27. The summed E-state index contributed by atoms with van der Waals surface area (Å²) in [5.74, 6) is 0.182. The fourth-order valence-electron chi connectivity index (χ4n) is 3.84. The van der Waals surface area contributed by atoms with Crippen LogP contribution in [0.25, 0.3) is 5.76 Å². The van der Waals surface area contributed by atoms with Gasteiger partial charge in [0.2, 0.25) is 0 Å². The largest absolute Gasteiger partial charge is 0.507 e. The molecule has 1 atom stereocenters. The van der Waals surface area contributed by atoms with E-state index in [1.165, 1.54) is 0 Å². The summed E-state index contributed by atoms with van der Waals surface area (Å²) in [7, 11) is 0. The molecule has 34 heavy (non-hydrogen) atoms. The second-order valence-electron chi connectivity index (χ2n) is 8.75. The average molecular weight is 464 g/mol. The number of unbranched alkanes of at least 4 members (excludes halogenated alkanes) is 1. The summed E-state index contributed by atoms with van der Waals surface area (Å²) in [6.45, 7) is 11.2. The number of Topliss-reactive ketones (excluding diaryl/α,β-unsaturated/α-hetero) is 1. The number of likely N-dealkylation sites (tertiary alicyclic amines) is 1. The number of aliphatic hydroxyl groups excluding tert-OH is 1. The van der Waals surface area contributed by atoms with Crippen LogP contribution < -0.4 is 9.47 Å². The maximum absolute atomic E-state index is 13.1. The van der Waals surface area contributed by atoms with Gasteiger partial charge in [0.1, 0.15) is 23.9 Å². The molecule has 0 aliphatic carbocycles. The molecule has 1 heterocycles. The van der Waals surface area contributed by atoms with Crippen LogP contribution >= 0.6 is 0 Å². The van der Waals surface area contributed by atoms with Crippen molar-refractivity contribution in [3.8, 4) is 11.5 Å². The van der Waals surface area contributed by atoms with Crippen LogP contribution in [0.5, 0.6) is 11.5 Å². The molecular weight excluding hydrogens is 430 g/mol. The van der Waals surface area contributed by atoms with Crippen LogP contribution in [0.2, 0.25) is 0 Å². The molecule has 1 amide bonds. The number of aliphatic hydroxyl groups is 1. The van der Waals surface area contributed by atoms with E-state index in [0.29, 0.717) is 48.3 Å². The van der Waals surface area contributed by atoms with Crippen molar-refractivity contribution in [2.75, 3.05) is 19.8 Å². The normalized spacial score (nSPS) is 17.3. The van der Waals surface area contributed by atoms with Crippen LogP contribution in [0.3, 0.4) is 0 Å². The van der Waals surface area contributed by atoms with E-state index in [1.807, 2.05) is 19.1 Å². The lowest BCUT2D eigenvalue weighted by molar-refractivity contribution is -0.139. The van der Waals surface area contributed by atoms with E-state index in [4.69, 9.17) is 9.47 Å². The van der Waals surface area contributed by atoms with Gasteiger partial charge in [-0.15, -0.1) is 0 Å². The molecule has 0 saturated carbocycles. The number of carbonyl (C=O) groups is 2. The molecule has 1 saturated heterocycles. The SMILES string of the molecule is C=CCOc1cccc(C2/C(=C(/O)c3ccc(OCC(C)C)cc3)C(=O)C(=O)N2CCCC)c1. The molecule has 1 N–H and O–H groups in total. The predicted molar refractivity (Wildman–Crippen MR) is 133 cm³/mol. The summed E-state index contributed by atoms with van der Waals surface area (Å²) < 4.78 is 11.4. The number of hydrogen-bond donors (Lipinski definition) is 1.